The molecule has 1 aromatic carbocycles. The fourth-order valence-electron chi connectivity index (χ4n) is 3.02. The number of sulfone groups is 1. The second kappa shape index (κ2) is 5.76. The molecular formula is C16H25NO2S. The molecule has 3 nitrogen and oxygen atoms in total. The first-order chi connectivity index (χ1) is 9.37. The molecule has 112 valence electrons. The number of benzene rings is 1. The molecule has 1 N–H and O–H groups in total. The first kappa shape index (κ1) is 15.4. The summed E-state index contributed by atoms with van der Waals surface area (Å²) in [6.45, 7) is 6.40. The molecule has 20 heavy (non-hydrogen) atoms. The van der Waals surface area contributed by atoms with Gasteiger partial charge in [-0.1, -0.05) is 39.3 Å². The van der Waals surface area contributed by atoms with E-state index in [1.54, 1.807) is 12.1 Å². The third kappa shape index (κ3) is 3.17. The molecule has 1 aromatic rings. The molecule has 1 saturated carbocycles. The molecule has 4 heteroatoms. The number of para-hydroxylation sites is 1. The summed E-state index contributed by atoms with van der Waals surface area (Å²) in [7, 11) is -3.18. The average molecular weight is 295 g/mol. The van der Waals surface area contributed by atoms with Crippen molar-refractivity contribution in [2.24, 2.45) is 5.41 Å². The Morgan fingerprint density at radius 3 is 2.60 bits per heavy atom. The van der Waals surface area contributed by atoms with Crippen molar-refractivity contribution in [3.8, 4) is 0 Å². The minimum atomic E-state index is -3.18. The summed E-state index contributed by atoms with van der Waals surface area (Å²) in [5.41, 5.74) is 0.989. The topological polar surface area (TPSA) is 46.2 Å². The minimum Gasteiger partial charge on any atom is -0.381 e. The molecule has 0 heterocycles. The summed E-state index contributed by atoms with van der Waals surface area (Å²) in [6.07, 6.45) is 4.14. The predicted octanol–water partition coefficient (Wildman–Crippen LogP) is 3.86. The van der Waals surface area contributed by atoms with Gasteiger partial charge in [-0.25, -0.2) is 8.42 Å². The van der Waals surface area contributed by atoms with Gasteiger partial charge in [0.25, 0.3) is 0 Å². The van der Waals surface area contributed by atoms with E-state index in [0.717, 1.165) is 12.1 Å². The highest BCUT2D eigenvalue weighted by Gasteiger charge is 2.35. The van der Waals surface area contributed by atoms with Gasteiger partial charge in [-0.15, -0.1) is 0 Å². The molecule has 0 spiro atoms. The van der Waals surface area contributed by atoms with E-state index in [9.17, 15) is 8.42 Å². The Morgan fingerprint density at radius 2 is 2.00 bits per heavy atom. The lowest BCUT2D eigenvalue weighted by Crippen LogP contribution is -2.31. The van der Waals surface area contributed by atoms with Gasteiger partial charge in [-0.2, -0.15) is 0 Å². The van der Waals surface area contributed by atoms with Crippen LogP contribution in [0, 0.1) is 5.41 Å². The number of hydrogen-bond acceptors (Lipinski definition) is 3. The van der Waals surface area contributed by atoms with Gasteiger partial charge in [0, 0.05) is 6.04 Å². The van der Waals surface area contributed by atoms with E-state index < -0.39 is 9.84 Å². The first-order valence-corrected chi connectivity index (χ1v) is 9.10. The summed E-state index contributed by atoms with van der Waals surface area (Å²) in [6, 6.07) is 7.65. The third-order valence-electron chi connectivity index (χ3n) is 4.28. The van der Waals surface area contributed by atoms with Crippen LogP contribution in [0.15, 0.2) is 29.2 Å². The van der Waals surface area contributed by atoms with Crippen molar-refractivity contribution >= 4 is 15.5 Å². The summed E-state index contributed by atoms with van der Waals surface area (Å²) in [5, 5.41) is 3.49. The molecule has 0 bridgehead atoms. The van der Waals surface area contributed by atoms with Crippen LogP contribution in [0.3, 0.4) is 0 Å². The van der Waals surface area contributed by atoms with Gasteiger partial charge < -0.3 is 5.32 Å². The van der Waals surface area contributed by atoms with Crippen LogP contribution in [0.4, 0.5) is 5.69 Å². The largest absolute Gasteiger partial charge is 0.381 e. The maximum Gasteiger partial charge on any atom is 0.180 e. The van der Waals surface area contributed by atoms with Gasteiger partial charge in [0.1, 0.15) is 0 Å². The van der Waals surface area contributed by atoms with Crippen LogP contribution in [0.25, 0.3) is 0 Å². The van der Waals surface area contributed by atoms with E-state index in [4.69, 9.17) is 0 Å². The Labute approximate surface area is 122 Å². The lowest BCUT2D eigenvalue weighted by molar-refractivity contribution is 0.349. The molecule has 1 fully saturated rings. The molecule has 2 rings (SSSR count). The highest BCUT2D eigenvalue weighted by atomic mass is 32.2. The van der Waals surface area contributed by atoms with Crippen molar-refractivity contribution in [3.63, 3.8) is 0 Å². The predicted molar refractivity (Wildman–Crippen MR) is 83.8 cm³/mol. The fraction of sp³-hybridized carbons (Fsp3) is 0.625. The first-order valence-electron chi connectivity index (χ1n) is 7.45. The highest BCUT2D eigenvalue weighted by molar-refractivity contribution is 7.91. The van der Waals surface area contributed by atoms with Crippen LogP contribution in [0.1, 0.15) is 46.5 Å². The maximum absolute atomic E-state index is 12.3. The molecule has 0 aliphatic heterocycles. The molecule has 1 aliphatic carbocycles. The van der Waals surface area contributed by atoms with Crippen LogP contribution in [0.2, 0.25) is 0 Å². The van der Waals surface area contributed by atoms with E-state index >= 15 is 0 Å². The van der Waals surface area contributed by atoms with Gasteiger partial charge in [-0.3, -0.25) is 0 Å². The number of hydrogen-bond donors (Lipinski definition) is 1. The fourth-order valence-corrected chi connectivity index (χ4v) is 4.52. The molecule has 0 aromatic heterocycles. The van der Waals surface area contributed by atoms with Crippen molar-refractivity contribution in [3.05, 3.63) is 24.3 Å². The average Bonchev–Trinajstić information content (AvgIpc) is 2.69. The lowest BCUT2D eigenvalue weighted by Gasteiger charge is -2.29. The number of anilines is 1. The summed E-state index contributed by atoms with van der Waals surface area (Å²) < 4.78 is 24.7. The van der Waals surface area contributed by atoms with E-state index in [1.807, 2.05) is 19.1 Å². The normalized spacial score (nSPS) is 21.9. The molecule has 0 saturated heterocycles. The Kier molecular flexibility index (Phi) is 4.43. The Balaban J connectivity index is 2.29. The lowest BCUT2D eigenvalue weighted by atomic mass is 9.87. The number of nitrogens with one attached hydrogen (secondary N) is 1. The van der Waals surface area contributed by atoms with Crippen LogP contribution < -0.4 is 5.32 Å². The quantitative estimate of drug-likeness (QED) is 0.897. The third-order valence-corrected chi connectivity index (χ3v) is 6.25. The Hall–Kier alpha value is -1.03. The molecule has 0 amide bonds. The zero-order valence-electron chi connectivity index (χ0n) is 12.6. The molecular weight excluding hydrogens is 270 g/mol. The van der Waals surface area contributed by atoms with Crippen molar-refractivity contribution in [2.45, 2.75) is 57.4 Å². The van der Waals surface area contributed by atoms with Gasteiger partial charge in [-0.05, 0) is 36.8 Å². The van der Waals surface area contributed by atoms with Gasteiger partial charge in [0.2, 0.25) is 0 Å². The van der Waals surface area contributed by atoms with Gasteiger partial charge in [0.05, 0.1) is 16.3 Å². The van der Waals surface area contributed by atoms with E-state index in [1.165, 1.54) is 12.8 Å². The van der Waals surface area contributed by atoms with Gasteiger partial charge in [0.15, 0.2) is 9.84 Å². The van der Waals surface area contributed by atoms with Crippen LogP contribution >= 0.6 is 0 Å². The van der Waals surface area contributed by atoms with Crippen molar-refractivity contribution in [1.82, 2.24) is 0 Å². The van der Waals surface area contributed by atoms with Crippen LogP contribution in [-0.2, 0) is 9.84 Å². The van der Waals surface area contributed by atoms with Crippen molar-refractivity contribution in [2.75, 3.05) is 11.1 Å². The standard InChI is InChI=1S/C16H25NO2S/c1-4-12-20(18,19)14-9-6-5-8-13(14)17-15-10-7-11-16(15,2)3/h5-6,8-9,15,17H,4,7,10-12H2,1-3H3. The second-order valence-electron chi connectivity index (χ2n) is 6.39. The summed E-state index contributed by atoms with van der Waals surface area (Å²) in [5.74, 6) is 0.208. The Morgan fingerprint density at radius 1 is 1.30 bits per heavy atom. The van der Waals surface area contributed by atoms with E-state index in [0.29, 0.717) is 17.4 Å². The Bertz CT molecular complexity index is 564. The number of rotatable bonds is 5. The summed E-state index contributed by atoms with van der Waals surface area (Å²) in [4.78, 5) is 0.449. The maximum atomic E-state index is 12.3. The van der Waals surface area contributed by atoms with E-state index in [-0.39, 0.29) is 11.2 Å². The van der Waals surface area contributed by atoms with Crippen LogP contribution in [0.5, 0.6) is 0 Å². The molecule has 1 aliphatic rings. The summed E-state index contributed by atoms with van der Waals surface area (Å²) >= 11 is 0. The highest BCUT2D eigenvalue weighted by Crippen LogP contribution is 2.39. The molecule has 1 unspecified atom stereocenters. The van der Waals surface area contributed by atoms with Crippen molar-refractivity contribution in [1.29, 1.82) is 0 Å². The van der Waals surface area contributed by atoms with E-state index in [2.05, 4.69) is 19.2 Å². The smallest absolute Gasteiger partial charge is 0.180 e. The molecule has 0 radical (unpaired) electrons. The van der Waals surface area contributed by atoms with Crippen LogP contribution in [-0.4, -0.2) is 20.2 Å². The SMILES string of the molecule is CCCS(=O)(=O)c1ccccc1NC1CCCC1(C)C. The zero-order chi connectivity index (χ0) is 14.8. The minimum absolute atomic E-state index is 0.208. The molecule has 1 atom stereocenters. The zero-order valence-corrected chi connectivity index (χ0v) is 13.5. The second-order valence-corrected chi connectivity index (χ2v) is 8.47. The van der Waals surface area contributed by atoms with Gasteiger partial charge >= 0.3 is 0 Å². The monoisotopic (exact) mass is 295 g/mol. The van der Waals surface area contributed by atoms with Crippen molar-refractivity contribution < 1.29 is 8.42 Å².